The summed E-state index contributed by atoms with van der Waals surface area (Å²) in [6.45, 7) is 1.58. The minimum atomic E-state index is 0. The number of hydrogen-bond donors (Lipinski definition) is 2. The molecule has 0 radical (unpaired) electrons. The fourth-order valence-corrected chi connectivity index (χ4v) is 4.54. The van der Waals surface area contributed by atoms with Gasteiger partial charge in [-0.1, -0.05) is 46.3 Å². The number of H-pyrrole nitrogens is 1. The van der Waals surface area contributed by atoms with Crippen LogP contribution >= 0.6 is 28.3 Å². The Hall–Kier alpha value is -2.41. The molecular weight excluding hydrogens is 464 g/mol. The standard InChI is InChI=1S/C23H21BrN4O.ClH/c24-16-11-17(27-12-16)14-29-20-13-25-10-8-18(20)22-21(15-5-2-1-3-6-15)23-19(28-22)7-4-9-26-23;/h1-10,13,16-17,27-28H,11-12,14H2;1H/t16-,17-;/m0./s1. The van der Waals surface area contributed by atoms with Crippen LogP contribution in [0.25, 0.3) is 33.4 Å². The summed E-state index contributed by atoms with van der Waals surface area (Å²) in [6, 6.07) is 16.7. The Balaban J connectivity index is 0.00000218. The van der Waals surface area contributed by atoms with E-state index in [1.807, 2.05) is 36.5 Å². The Labute approximate surface area is 189 Å². The molecule has 0 amide bonds. The van der Waals surface area contributed by atoms with E-state index in [0.717, 1.165) is 52.1 Å². The fourth-order valence-electron chi connectivity index (χ4n) is 3.90. The first-order valence-corrected chi connectivity index (χ1v) is 10.7. The van der Waals surface area contributed by atoms with Gasteiger partial charge in [0, 0.05) is 40.9 Å². The number of nitrogens with zero attached hydrogens (tertiary/aromatic N) is 2. The highest BCUT2D eigenvalue weighted by Gasteiger charge is 2.23. The molecule has 1 aliphatic heterocycles. The van der Waals surface area contributed by atoms with Gasteiger partial charge in [0.15, 0.2) is 0 Å². The van der Waals surface area contributed by atoms with E-state index in [-0.39, 0.29) is 12.4 Å². The number of alkyl halides is 1. The van der Waals surface area contributed by atoms with Crippen molar-refractivity contribution in [1.82, 2.24) is 20.3 Å². The van der Waals surface area contributed by atoms with Crippen LogP contribution in [0.3, 0.4) is 0 Å². The normalized spacial score (nSPS) is 18.3. The van der Waals surface area contributed by atoms with Crippen molar-refractivity contribution in [3.8, 4) is 28.1 Å². The molecule has 1 saturated heterocycles. The second kappa shape index (κ2) is 9.16. The lowest BCUT2D eigenvalue weighted by Crippen LogP contribution is -2.28. The molecule has 1 aliphatic rings. The van der Waals surface area contributed by atoms with E-state index in [1.165, 1.54) is 0 Å². The lowest BCUT2D eigenvalue weighted by molar-refractivity contribution is 0.277. The molecule has 3 aromatic heterocycles. The zero-order valence-corrected chi connectivity index (χ0v) is 18.6. The van der Waals surface area contributed by atoms with Crippen LogP contribution in [-0.4, -0.2) is 39.0 Å². The summed E-state index contributed by atoms with van der Waals surface area (Å²) >= 11 is 3.67. The molecular formula is C23H22BrClN4O. The van der Waals surface area contributed by atoms with Gasteiger partial charge in [0.05, 0.1) is 22.9 Å². The van der Waals surface area contributed by atoms with Crippen LogP contribution < -0.4 is 10.1 Å². The molecule has 1 fully saturated rings. The summed E-state index contributed by atoms with van der Waals surface area (Å²) in [5.74, 6) is 0.774. The maximum atomic E-state index is 6.22. The number of fused-ring (bicyclic) bond motifs is 1. The van der Waals surface area contributed by atoms with Gasteiger partial charge in [-0.3, -0.25) is 9.97 Å². The van der Waals surface area contributed by atoms with E-state index in [1.54, 1.807) is 12.4 Å². The molecule has 4 heterocycles. The molecule has 2 atom stereocenters. The van der Waals surface area contributed by atoms with Crippen LogP contribution in [0.4, 0.5) is 0 Å². The fraction of sp³-hybridized carbons (Fsp3) is 0.217. The molecule has 0 saturated carbocycles. The average Bonchev–Trinajstić information content (AvgIpc) is 3.36. The number of aromatic amines is 1. The van der Waals surface area contributed by atoms with E-state index >= 15 is 0 Å². The zero-order chi connectivity index (χ0) is 19.6. The van der Waals surface area contributed by atoms with Gasteiger partial charge in [-0.2, -0.15) is 0 Å². The summed E-state index contributed by atoms with van der Waals surface area (Å²) in [4.78, 5) is 13.0. The Kier molecular flexibility index (Phi) is 6.37. The van der Waals surface area contributed by atoms with Gasteiger partial charge in [-0.25, -0.2) is 0 Å². The van der Waals surface area contributed by atoms with Gasteiger partial charge in [0.25, 0.3) is 0 Å². The third kappa shape index (κ3) is 4.08. The lowest BCUT2D eigenvalue weighted by Gasteiger charge is -2.15. The molecule has 5 rings (SSSR count). The van der Waals surface area contributed by atoms with E-state index in [2.05, 4.69) is 54.4 Å². The van der Waals surface area contributed by atoms with Crippen molar-refractivity contribution < 1.29 is 4.74 Å². The molecule has 0 aliphatic carbocycles. The van der Waals surface area contributed by atoms with Crippen LogP contribution in [0.1, 0.15) is 6.42 Å². The molecule has 0 spiro atoms. The summed E-state index contributed by atoms with van der Waals surface area (Å²) in [5, 5.41) is 3.48. The van der Waals surface area contributed by atoms with Crippen molar-refractivity contribution in [3.05, 3.63) is 67.1 Å². The first-order chi connectivity index (χ1) is 14.3. The first kappa shape index (κ1) is 20.8. The Morgan fingerprint density at radius 3 is 2.73 bits per heavy atom. The van der Waals surface area contributed by atoms with Gasteiger partial charge in [0.1, 0.15) is 12.4 Å². The van der Waals surface area contributed by atoms with Crippen molar-refractivity contribution in [2.75, 3.05) is 13.2 Å². The highest BCUT2D eigenvalue weighted by Crippen LogP contribution is 2.40. The van der Waals surface area contributed by atoms with Crippen LogP contribution in [0, 0.1) is 0 Å². The Morgan fingerprint density at radius 2 is 1.93 bits per heavy atom. The third-order valence-corrected chi connectivity index (χ3v) is 5.98. The zero-order valence-electron chi connectivity index (χ0n) is 16.2. The maximum absolute atomic E-state index is 6.22. The van der Waals surface area contributed by atoms with Crippen molar-refractivity contribution in [1.29, 1.82) is 0 Å². The smallest absolute Gasteiger partial charge is 0.146 e. The summed E-state index contributed by atoms with van der Waals surface area (Å²) < 4.78 is 6.22. The van der Waals surface area contributed by atoms with Gasteiger partial charge in [0.2, 0.25) is 0 Å². The van der Waals surface area contributed by atoms with Gasteiger partial charge in [-0.05, 0) is 30.2 Å². The predicted molar refractivity (Wildman–Crippen MR) is 127 cm³/mol. The minimum Gasteiger partial charge on any atom is -0.490 e. The molecule has 30 heavy (non-hydrogen) atoms. The Morgan fingerprint density at radius 1 is 1.07 bits per heavy atom. The third-order valence-electron chi connectivity index (χ3n) is 5.28. The van der Waals surface area contributed by atoms with Crippen molar-refractivity contribution in [2.45, 2.75) is 17.3 Å². The maximum Gasteiger partial charge on any atom is 0.146 e. The number of nitrogens with one attached hydrogen (secondary N) is 2. The number of aromatic nitrogens is 3. The quantitative estimate of drug-likeness (QED) is 0.381. The first-order valence-electron chi connectivity index (χ1n) is 9.76. The molecule has 1 aromatic carbocycles. The molecule has 2 N–H and O–H groups in total. The monoisotopic (exact) mass is 484 g/mol. The number of benzene rings is 1. The highest BCUT2D eigenvalue weighted by molar-refractivity contribution is 9.09. The molecule has 0 bridgehead atoms. The molecule has 7 heteroatoms. The van der Waals surface area contributed by atoms with Crippen molar-refractivity contribution in [2.24, 2.45) is 0 Å². The van der Waals surface area contributed by atoms with Crippen LogP contribution in [0.15, 0.2) is 67.1 Å². The lowest BCUT2D eigenvalue weighted by atomic mass is 10.0. The number of rotatable bonds is 5. The van der Waals surface area contributed by atoms with Gasteiger partial charge in [-0.15, -0.1) is 12.4 Å². The highest BCUT2D eigenvalue weighted by atomic mass is 79.9. The van der Waals surface area contributed by atoms with E-state index < -0.39 is 0 Å². The largest absolute Gasteiger partial charge is 0.490 e. The van der Waals surface area contributed by atoms with Gasteiger partial charge >= 0.3 is 0 Å². The molecule has 0 unspecified atom stereocenters. The number of pyridine rings is 2. The second-order valence-electron chi connectivity index (χ2n) is 7.26. The van der Waals surface area contributed by atoms with Gasteiger partial charge < -0.3 is 15.0 Å². The second-order valence-corrected chi connectivity index (χ2v) is 8.56. The Bertz CT molecular complexity index is 1130. The van der Waals surface area contributed by atoms with E-state index in [0.29, 0.717) is 17.5 Å². The summed E-state index contributed by atoms with van der Waals surface area (Å²) in [6.07, 6.45) is 6.49. The number of halogens is 2. The molecule has 5 nitrogen and oxygen atoms in total. The number of ether oxygens (including phenoxy) is 1. The topological polar surface area (TPSA) is 62.8 Å². The summed E-state index contributed by atoms with van der Waals surface area (Å²) in [5.41, 5.74) is 6.15. The van der Waals surface area contributed by atoms with Crippen LogP contribution in [-0.2, 0) is 0 Å². The SMILES string of the molecule is Br[C@@H]1CN[C@H](COc2cnccc2-c2[nH]c3cccnc3c2-c2ccccc2)C1.Cl. The number of hydrogen-bond acceptors (Lipinski definition) is 4. The van der Waals surface area contributed by atoms with E-state index in [4.69, 9.17) is 4.74 Å². The van der Waals surface area contributed by atoms with Crippen LogP contribution in [0.2, 0.25) is 0 Å². The van der Waals surface area contributed by atoms with E-state index in [9.17, 15) is 0 Å². The predicted octanol–water partition coefficient (Wildman–Crippen LogP) is 5.22. The summed E-state index contributed by atoms with van der Waals surface area (Å²) in [7, 11) is 0. The minimum absolute atomic E-state index is 0. The van der Waals surface area contributed by atoms with Crippen LogP contribution in [0.5, 0.6) is 5.75 Å². The van der Waals surface area contributed by atoms with Crippen molar-refractivity contribution >= 4 is 39.4 Å². The molecule has 4 aromatic rings. The molecule has 154 valence electrons. The van der Waals surface area contributed by atoms with Crippen molar-refractivity contribution in [3.63, 3.8) is 0 Å². The average molecular weight is 486 g/mol.